The number of hydrogen-bond acceptors (Lipinski definition) is 5. The number of ketones is 1. The molecule has 0 aliphatic heterocycles. The van der Waals surface area contributed by atoms with E-state index in [9.17, 15) is 15.0 Å². The maximum Gasteiger partial charge on any atom is 0.169 e. The second-order valence-electron chi connectivity index (χ2n) is 7.29. The van der Waals surface area contributed by atoms with Crippen LogP contribution in [0.15, 0.2) is 12.2 Å². The van der Waals surface area contributed by atoms with Crippen molar-refractivity contribution in [2.75, 3.05) is 13.2 Å². The molecule has 0 aliphatic carbocycles. The summed E-state index contributed by atoms with van der Waals surface area (Å²) in [4.78, 5) is 11.7. The lowest BCUT2D eigenvalue weighted by molar-refractivity contribution is -0.146. The highest BCUT2D eigenvalue weighted by atomic mass is 16.4. The minimum atomic E-state index is -1.98. The minimum absolute atomic E-state index is 0.188. The van der Waals surface area contributed by atoms with Gasteiger partial charge in [-0.2, -0.15) is 0 Å². The van der Waals surface area contributed by atoms with Crippen LogP contribution in [-0.4, -0.2) is 51.1 Å². The molecule has 0 spiro atoms. The average Bonchev–Trinajstić information content (AvgIpc) is 2.65. The largest absolute Gasteiger partial charge is 0.393 e. The van der Waals surface area contributed by atoms with Gasteiger partial charge in [0.2, 0.25) is 0 Å². The van der Waals surface area contributed by atoms with Crippen molar-refractivity contribution in [1.82, 2.24) is 0 Å². The van der Waals surface area contributed by atoms with E-state index in [0.717, 1.165) is 51.4 Å². The molecule has 0 saturated heterocycles. The average molecular weight is 373 g/mol. The standard InChI is InChI=1S/C21H40O5/c1-2-3-4-11-14-19(24)15-12-9-7-5-6-8-10-13-16-20(25)21(26,17-22)18-23/h9,12,19,22-24,26H,2-8,10-11,13-18H2,1H3/b12-9-/t19-/m1/s1. The number of hydrogen-bond donors (Lipinski definition) is 4. The summed E-state index contributed by atoms with van der Waals surface area (Å²) in [7, 11) is 0. The van der Waals surface area contributed by atoms with Crippen LogP contribution < -0.4 is 0 Å². The second kappa shape index (κ2) is 16.4. The van der Waals surface area contributed by atoms with Gasteiger partial charge in [0.05, 0.1) is 19.3 Å². The van der Waals surface area contributed by atoms with E-state index in [-0.39, 0.29) is 12.5 Å². The lowest BCUT2D eigenvalue weighted by atomic mass is 9.95. The van der Waals surface area contributed by atoms with Crippen molar-refractivity contribution in [3.63, 3.8) is 0 Å². The molecule has 0 aromatic carbocycles. The normalized spacial score (nSPS) is 13.4. The molecule has 0 fully saturated rings. The number of aliphatic hydroxyl groups is 4. The molecule has 0 aliphatic rings. The van der Waals surface area contributed by atoms with Gasteiger partial charge in [-0.05, 0) is 32.1 Å². The Hall–Kier alpha value is -0.750. The molecule has 0 aromatic rings. The van der Waals surface area contributed by atoms with Gasteiger partial charge in [-0.3, -0.25) is 4.79 Å². The molecule has 0 aromatic heterocycles. The predicted molar refractivity (Wildman–Crippen MR) is 105 cm³/mol. The van der Waals surface area contributed by atoms with Crippen molar-refractivity contribution >= 4 is 5.78 Å². The van der Waals surface area contributed by atoms with Gasteiger partial charge in [-0.15, -0.1) is 0 Å². The third-order valence-corrected chi connectivity index (χ3v) is 4.78. The van der Waals surface area contributed by atoms with Crippen LogP contribution in [0.25, 0.3) is 0 Å². The fourth-order valence-corrected chi connectivity index (χ4v) is 2.83. The number of Topliss-reactive ketones (excluding diaryl/α,β-unsaturated/α-hetero) is 1. The molecule has 5 heteroatoms. The van der Waals surface area contributed by atoms with Crippen molar-refractivity contribution in [2.45, 2.75) is 102 Å². The molecule has 26 heavy (non-hydrogen) atoms. The third-order valence-electron chi connectivity index (χ3n) is 4.78. The van der Waals surface area contributed by atoms with E-state index in [0.29, 0.717) is 6.42 Å². The van der Waals surface area contributed by atoms with E-state index in [4.69, 9.17) is 10.2 Å². The molecule has 0 bridgehead atoms. The van der Waals surface area contributed by atoms with Gasteiger partial charge < -0.3 is 20.4 Å². The molecule has 0 amide bonds. The fraction of sp³-hybridized carbons (Fsp3) is 0.857. The van der Waals surface area contributed by atoms with Crippen molar-refractivity contribution in [3.05, 3.63) is 12.2 Å². The van der Waals surface area contributed by atoms with E-state index in [2.05, 4.69) is 19.1 Å². The SMILES string of the molecule is CCCCCC[C@@H](O)C/C=C\CCCCCCCC(=O)C(O)(CO)CO. The Morgan fingerprint density at radius 3 is 2.19 bits per heavy atom. The van der Waals surface area contributed by atoms with Crippen LogP contribution in [0.3, 0.4) is 0 Å². The van der Waals surface area contributed by atoms with Gasteiger partial charge in [-0.25, -0.2) is 0 Å². The maximum atomic E-state index is 11.7. The van der Waals surface area contributed by atoms with Crippen LogP contribution in [0.5, 0.6) is 0 Å². The molecule has 1 atom stereocenters. The summed E-state index contributed by atoms with van der Waals surface area (Å²) in [6.45, 7) is 0.719. The summed E-state index contributed by atoms with van der Waals surface area (Å²) in [6.07, 6.45) is 16.4. The van der Waals surface area contributed by atoms with Crippen molar-refractivity contribution in [2.24, 2.45) is 0 Å². The zero-order valence-electron chi connectivity index (χ0n) is 16.5. The number of allylic oxidation sites excluding steroid dienone is 1. The first-order valence-corrected chi connectivity index (χ1v) is 10.3. The van der Waals surface area contributed by atoms with Crippen LogP contribution in [0, 0.1) is 0 Å². The molecule has 0 rings (SSSR count). The second-order valence-corrected chi connectivity index (χ2v) is 7.29. The molecule has 5 nitrogen and oxygen atoms in total. The van der Waals surface area contributed by atoms with Gasteiger partial charge in [-0.1, -0.05) is 64.0 Å². The number of rotatable bonds is 18. The predicted octanol–water partition coefficient (Wildman–Crippen LogP) is 3.28. The first kappa shape index (κ1) is 25.2. The molecular formula is C21H40O5. The third kappa shape index (κ3) is 12.6. The van der Waals surface area contributed by atoms with Gasteiger partial charge in [0, 0.05) is 6.42 Å². The molecule has 0 radical (unpaired) electrons. The van der Waals surface area contributed by atoms with Crippen LogP contribution in [0.2, 0.25) is 0 Å². The summed E-state index contributed by atoms with van der Waals surface area (Å²) in [5, 5.41) is 37.4. The van der Waals surface area contributed by atoms with Crippen molar-refractivity contribution in [3.8, 4) is 0 Å². The van der Waals surface area contributed by atoms with Crippen LogP contribution >= 0.6 is 0 Å². The zero-order valence-corrected chi connectivity index (χ0v) is 16.5. The topological polar surface area (TPSA) is 98.0 Å². The monoisotopic (exact) mass is 372 g/mol. The summed E-state index contributed by atoms with van der Waals surface area (Å²) < 4.78 is 0. The summed E-state index contributed by atoms with van der Waals surface area (Å²) in [5.74, 6) is -0.487. The molecule has 4 N–H and O–H groups in total. The molecule has 0 saturated carbocycles. The highest BCUT2D eigenvalue weighted by molar-refractivity contribution is 5.87. The van der Waals surface area contributed by atoms with Gasteiger partial charge in [0.25, 0.3) is 0 Å². The number of carbonyl (C=O) groups is 1. The number of carbonyl (C=O) groups excluding carboxylic acids is 1. The Balaban J connectivity index is 3.52. The lowest BCUT2D eigenvalue weighted by Gasteiger charge is -2.21. The summed E-state index contributed by atoms with van der Waals surface area (Å²) in [6, 6.07) is 0. The smallest absolute Gasteiger partial charge is 0.169 e. The molecule has 154 valence electrons. The Labute approximate surface area is 159 Å². The Bertz CT molecular complexity index is 363. The van der Waals surface area contributed by atoms with Gasteiger partial charge in [0.1, 0.15) is 0 Å². The molecule has 0 heterocycles. The van der Waals surface area contributed by atoms with Gasteiger partial charge in [0.15, 0.2) is 11.4 Å². The van der Waals surface area contributed by atoms with Crippen molar-refractivity contribution < 1.29 is 25.2 Å². The van der Waals surface area contributed by atoms with E-state index >= 15 is 0 Å². The molecule has 0 unspecified atom stereocenters. The van der Waals surface area contributed by atoms with Gasteiger partial charge >= 0.3 is 0 Å². The van der Waals surface area contributed by atoms with Crippen LogP contribution in [0.1, 0.15) is 90.4 Å². The van der Waals surface area contributed by atoms with Crippen LogP contribution in [0.4, 0.5) is 0 Å². The van der Waals surface area contributed by atoms with Crippen LogP contribution in [-0.2, 0) is 4.79 Å². The summed E-state index contributed by atoms with van der Waals surface area (Å²) >= 11 is 0. The first-order valence-electron chi connectivity index (χ1n) is 10.3. The summed E-state index contributed by atoms with van der Waals surface area (Å²) in [5.41, 5.74) is -1.98. The van der Waals surface area contributed by atoms with E-state index in [1.807, 2.05) is 0 Å². The van der Waals surface area contributed by atoms with Crippen molar-refractivity contribution in [1.29, 1.82) is 0 Å². The Kier molecular flexibility index (Phi) is 16.0. The Morgan fingerprint density at radius 2 is 1.54 bits per heavy atom. The first-order chi connectivity index (χ1) is 12.5. The number of unbranched alkanes of at least 4 members (excludes halogenated alkanes) is 8. The Morgan fingerprint density at radius 1 is 0.923 bits per heavy atom. The highest BCUT2D eigenvalue weighted by Gasteiger charge is 2.33. The quantitative estimate of drug-likeness (QED) is 0.219. The lowest BCUT2D eigenvalue weighted by Crippen LogP contribution is -2.45. The fourth-order valence-electron chi connectivity index (χ4n) is 2.83. The molecular weight excluding hydrogens is 332 g/mol. The van der Waals surface area contributed by atoms with E-state index in [1.54, 1.807) is 0 Å². The maximum absolute atomic E-state index is 11.7. The van der Waals surface area contributed by atoms with E-state index < -0.39 is 24.6 Å². The minimum Gasteiger partial charge on any atom is -0.393 e. The van der Waals surface area contributed by atoms with E-state index in [1.165, 1.54) is 19.3 Å². The highest BCUT2D eigenvalue weighted by Crippen LogP contribution is 2.13. The zero-order chi connectivity index (χ0) is 19.7. The number of aliphatic hydroxyl groups excluding tert-OH is 3.